The lowest BCUT2D eigenvalue weighted by Gasteiger charge is -2.37. The molecule has 4 rings (SSSR count). The first kappa shape index (κ1) is 29.2. The number of methoxy groups -OCH3 is 1. The van der Waals surface area contributed by atoms with Gasteiger partial charge in [0.15, 0.2) is 0 Å². The summed E-state index contributed by atoms with van der Waals surface area (Å²) in [5.74, 6) is 1.43. The first-order chi connectivity index (χ1) is 18.7. The van der Waals surface area contributed by atoms with Crippen LogP contribution < -0.4 is 15.8 Å². The summed E-state index contributed by atoms with van der Waals surface area (Å²) in [7, 11) is 1.51. The van der Waals surface area contributed by atoms with Crippen molar-refractivity contribution in [2.24, 2.45) is 11.8 Å². The van der Waals surface area contributed by atoms with E-state index in [0.29, 0.717) is 33.9 Å². The van der Waals surface area contributed by atoms with E-state index in [9.17, 15) is 14.4 Å². The maximum Gasteiger partial charge on any atom is 0.255 e. The number of allylic oxidation sites excluding steroid dienone is 1. The summed E-state index contributed by atoms with van der Waals surface area (Å²) in [5, 5.41) is 3.47. The largest absolute Gasteiger partial charge is 0.496 e. The zero-order valence-electron chi connectivity index (χ0n) is 23.2. The molecule has 0 atom stereocenters. The van der Waals surface area contributed by atoms with Crippen LogP contribution in [0.3, 0.4) is 0 Å². The number of nitrogen functional groups attached to an aromatic ring is 1. The summed E-state index contributed by atoms with van der Waals surface area (Å²) in [6.45, 7) is 7.69. The number of rotatable bonds is 7. The summed E-state index contributed by atoms with van der Waals surface area (Å²) in [6, 6.07) is 3.25. The van der Waals surface area contributed by atoms with Crippen molar-refractivity contribution in [2.75, 3.05) is 58.7 Å². The quantitative estimate of drug-likeness (QED) is 0.392. The summed E-state index contributed by atoms with van der Waals surface area (Å²) in [4.78, 5) is 43.4. The van der Waals surface area contributed by atoms with Crippen molar-refractivity contribution in [1.82, 2.24) is 20.0 Å². The van der Waals surface area contributed by atoms with Crippen molar-refractivity contribution >= 4 is 35.0 Å². The second kappa shape index (κ2) is 13.5. The van der Waals surface area contributed by atoms with E-state index < -0.39 is 0 Å². The van der Waals surface area contributed by atoms with Crippen molar-refractivity contribution in [3.05, 3.63) is 34.9 Å². The van der Waals surface area contributed by atoms with Gasteiger partial charge in [0, 0.05) is 64.8 Å². The molecule has 3 aliphatic rings. The van der Waals surface area contributed by atoms with Gasteiger partial charge < -0.3 is 30.5 Å². The monoisotopic (exact) mass is 559 g/mol. The Kier molecular flexibility index (Phi) is 10.1. The van der Waals surface area contributed by atoms with Crippen molar-refractivity contribution in [3.63, 3.8) is 0 Å². The van der Waals surface area contributed by atoms with Gasteiger partial charge in [0.1, 0.15) is 5.75 Å². The minimum Gasteiger partial charge on any atom is -0.496 e. The highest BCUT2D eigenvalue weighted by Gasteiger charge is 2.27. The molecule has 3 N–H and O–H groups in total. The molecule has 0 radical (unpaired) electrons. The van der Waals surface area contributed by atoms with Gasteiger partial charge in [-0.05, 0) is 62.5 Å². The summed E-state index contributed by atoms with van der Waals surface area (Å²) >= 11 is 6.13. The van der Waals surface area contributed by atoms with Gasteiger partial charge in [-0.1, -0.05) is 17.7 Å². The van der Waals surface area contributed by atoms with Crippen LogP contribution in [0.5, 0.6) is 5.75 Å². The van der Waals surface area contributed by atoms with Crippen LogP contribution in [0.2, 0.25) is 5.02 Å². The lowest BCUT2D eigenvalue weighted by Crippen LogP contribution is -2.47. The molecule has 0 saturated carbocycles. The van der Waals surface area contributed by atoms with Crippen molar-refractivity contribution in [1.29, 1.82) is 0 Å². The molecule has 1 aromatic rings. The van der Waals surface area contributed by atoms with E-state index in [1.165, 1.54) is 7.11 Å². The number of amides is 3. The first-order valence-electron chi connectivity index (χ1n) is 14.1. The molecular formula is C29H42ClN5O4. The molecule has 3 saturated heterocycles. The molecule has 9 nitrogen and oxygen atoms in total. The van der Waals surface area contributed by atoms with E-state index in [-0.39, 0.29) is 23.8 Å². The average molecular weight is 560 g/mol. The van der Waals surface area contributed by atoms with Crippen LogP contribution in [-0.2, 0) is 9.59 Å². The van der Waals surface area contributed by atoms with Crippen molar-refractivity contribution < 1.29 is 19.1 Å². The molecule has 1 aromatic carbocycles. The number of hydrogen-bond donors (Lipinski definition) is 2. The van der Waals surface area contributed by atoms with E-state index in [2.05, 4.69) is 10.2 Å². The Morgan fingerprint density at radius 2 is 1.64 bits per heavy atom. The Hall–Kier alpha value is -2.78. The Morgan fingerprint density at radius 1 is 1.00 bits per heavy atom. The van der Waals surface area contributed by atoms with Gasteiger partial charge in [-0.3, -0.25) is 14.4 Å². The number of hydrogen-bond acceptors (Lipinski definition) is 6. The van der Waals surface area contributed by atoms with Crippen LogP contribution in [0.15, 0.2) is 24.3 Å². The second-order valence-electron chi connectivity index (χ2n) is 11.1. The van der Waals surface area contributed by atoms with E-state index >= 15 is 0 Å². The van der Waals surface area contributed by atoms with Crippen LogP contribution in [0.1, 0.15) is 55.8 Å². The third-order valence-corrected chi connectivity index (χ3v) is 8.75. The number of ether oxygens (including phenoxy) is 1. The standard InChI is InChI=1S/C29H42ClN5O4/c1-20(36)34-13-5-21(6-14-34)3-4-28(37)35-15-7-22(8-16-35)19-33-11-9-23(10-12-33)32-29(38)24-17-25(30)26(31)18-27(24)39-2/h3-4,17-18,21-23H,5-16,19,31H2,1-2H3,(H,32,38)/b4-3+. The third kappa shape index (κ3) is 7.88. The summed E-state index contributed by atoms with van der Waals surface area (Å²) < 4.78 is 5.32. The van der Waals surface area contributed by atoms with Crippen LogP contribution in [0.25, 0.3) is 0 Å². The maximum atomic E-state index is 12.9. The van der Waals surface area contributed by atoms with Crippen LogP contribution in [0.4, 0.5) is 5.69 Å². The molecule has 0 bridgehead atoms. The van der Waals surface area contributed by atoms with Crippen molar-refractivity contribution in [3.8, 4) is 5.75 Å². The van der Waals surface area contributed by atoms with Crippen LogP contribution in [-0.4, -0.2) is 91.4 Å². The minimum atomic E-state index is -0.195. The second-order valence-corrected chi connectivity index (χ2v) is 11.5. The van der Waals surface area contributed by atoms with Gasteiger partial charge in [0.2, 0.25) is 11.8 Å². The maximum absolute atomic E-state index is 12.9. The number of carbonyl (C=O) groups is 3. The highest BCUT2D eigenvalue weighted by molar-refractivity contribution is 6.33. The molecule has 214 valence electrons. The lowest BCUT2D eigenvalue weighted by atomic mass is 9.94. The van der Waals surface area contributed by atoms with Gasteiger partial charge >= 0.3 is 0 Å². The molecule has 3 heterocycles. The van der Waals surface area contributed by atoms with Gasteiger partial charge in [-0.15, -0.1) is 0 Å². The van der Waals surface area contributed by atoms with Gasteiger partial charge in [0.05, 0.1) is 23.4 Å². The fourth-order valence-electron chi connectivity index (χ4n) is 5.87. The fraction of sp³-hybridized carbons (Fsp3) is 0.621. The zero-order chi connectivity index (χ0) is 27.9. The molecule has 3 fully saturated rings. The molecule has 0 spiro atoms. The summed E-state index contributed by atoms with van der Waals surface area (Å²) in [6.07, 6.45) is 9.48. The van der Waals surface area contributed by atoms with E-state index in [1.54, 1.807) is 25.1 Å². The number of nitrogens with two attached hydrogens (primary N) is 1. The smallest absolute Gasteiger partial charge is 0.255 e. The van der Waals surface area contributed by atoms with E-state index in [1.807, 2.05) is 15.9 Å². The number of nitrogens with zero attached hydrogens (tertiary/aromatic N) is 3. The Balaban J connectivity index is 1.15. The number of likely N-dealkylation sites (tertiary alicyclic amines) is 3. The zero-order valence-corrected chi connectivity index (χ0v) is 23.9. The Bertz CT molecular complexity index is 1060. The number of nitrogens with one attached hydrogen (secondary N) is 1. The number of halogens is 1. The number of benzene rings is 1. The lowest BCUT2D eigenvalue weighted by molar-refractivity contribution is -0.130. The van der Waals surface area contributed by atoms with Crippen molar-refractivity contribution in [2.45, 2.75) is 51.5 Å². The van der Waals surface area contributed by atoms with Gasteiger partial charge in [-0.25, -0.2) is 0 Å². The first-order valence-corrected chi connectivity index (χ1v) is 14.5. The molecule has 39 heavy (non-hydrogen) atoms. The Labute approximate surface area is 236 Å². The van der Waals surface area contributed by atoms with E-state index in [0.717, 1.165) is 84.3 Å². The fourth-order valence-corrected chi connectivity index (χ4v) is 6.03. The number of piperidine rings is 3. The molecule has 0 aromatic heterocycles. The molecule has 10 heteroatoms. The highest BCUT2D eigenvalue weighted by atomic mass is 35.5. The summed E-state index contributed by atoms with van der Waals surface area (Å²) in [5.41, 5.74) is 6.61. The SMILES string of the molecule is COc1cc(N)c(Cl)cc1C(=O)NC1CCN(CC2CCN(C(=O)/C=C/C3CCN(C(C)=O)CC3)CC2)CC1. The molecule has 3 amide bonds. The van der Waals surface area contributed by atoms with Crippen LogP contribution in [0, 0.1) is 11.8 Å². The number of carbonyl (C=O) groups excluding carboxylic acids is 3. The van der Waals surface area contributed by atoms with Gasteiger partial charge in [0.25, 0.3) is 5.91 Å². The normalized spacial score (nSPS) is 20.4. The average Bonchev–Trinajstić information content (AvgIpc) is 2.94. The molecule has 0 unspecified atom stereocenters. The third-order valence-electron chi connectivity index (χ3n) is 8.42. The molecule has 3 aliphatic heterocycles. The molecule has 0 aliphatic carbocycles. The number of anilines is 1. The van der Waals surface area contributed by atoms with E-state index in [4.69, 9.17) is 22.1 Å². The Morgan fingerprint density at radius 3 is 2.26 bits per heavy atom. The predicted octanol–water partition coefficient (Wildman–Crippen LogP) is 3.18. The van der Waals surface area contributed by atoms with Gasteiger partial charge in [-0.2, -0.15) is 0 Å². The van der Waals surface area contributed by atoms with Crippen LogP contribution >= 0.6 is 11.6 Å². The minimum absolute atomic E-state index is 0.107. The highest BCUT2D eigenvalue weighted by Crippen LogP contribution is 2.29. The topological polar surface area (TPSA) is 108 Å². The molecular weight excluding hydrogens is 518 g/mol. The predicted molar refractivity (Wildman–Crippen MR) is 153 cm³/mol.